The van der Waals surface area contributed by atoms with Crippen LogP contribution in [0.4, 0.5) is 13.2 Å². The first-order valence-electron chi connectivity index (χ1n) is 4.68. The number of halogens is 3. The molecule has 0 amide bonds. The molecule has 2 nitrogen and oxygen atoms in total. The van der Waals surface area contributed by atoms with Gasteiger partial charge < -0.3 is 5.73 Å². The van der Waals surface area contributed by atoms with Gasteiger partial charge in [0, 0.05) is 6.20 Å². The summed E-state index contributed by atoms with van der Waals surface area (Å²) in [6.07, 6.45) is -2.36. The van der Waals surface area contributed by atoms with E-state index in [9.17, 15) is 13.2 Å². The minimum atomic E-state index is -4.37. The highest BCUT2D eigenvalue weighted by Gasteiger charge is 2.32. The predicted molar refractivity (Wildman–Crippen MR) is 51.3 cm³/mol. The zero-order chi connectivity index (χ0) is 11.5. The van der Waals surface area contributed by atoms with Crippen LogP contribution in [0.5, 0.6) is 0 Å². The summed E-state index contributed by atoms with van der Waals surface area (Å²) in [4.78, 5) is 3.39. The van der Waals surface area contributed by atoms with Crippen molar-refractivity contribution in [3.8, 4) is 0 Å². The first kappa shape index (κ1) is 12.0. The van der Waals surface area contributed by atoms with E-state index in [2.05, 4.69) is 4.98 Å². The molecule has 84 valence electrons. The first-order valence-corrected chi connectivity index (χ1v) is 4.68. The monoisotopic (exact) mass is 218 g/mol. The van der Waals surface area contributed by atoms with Gasteiger partial charge in [0.05, 0.1) is 0 Å². The molecule has 1 aromatic heterocycles. The average Bonchev–Trinajstić information content (AvgIpc) is 2.17. The van der Waals surface area contributed by atoms with Gasteiger partial charge in [-0.25, -0.2) is 0 Å². The maximum absolute atomic E-state index is 12.2. The van der Waals surface area contributed by atoms with Crippen LogP contribution in [0.1, 0.15) is 30.5 Å². The van der Waals surface area contributed by atoms with Crippen LogP contribution in [0, 0.1) is 0 Å². The summed E-state index contributed by atoms with van der Waals surface area (Å²) < 4.78 is 36.6. The Morgan fingerprint density at radius 3 is 2.47 bits per heavy atom. The van der Waals surface area contributed by atoms with E-state index in [0.717, 1.165) is 18.1 Å². The molecule has 0 aliphatic carbocycles. The third-order valence-electron chi connectivity index (χ3n) is 2.25. The molecule has 0 fully saturated rings. The lowest BCUT2D eigenvalue weighted by Gasteiger charge is -2.11. The van der Waals surface area contributed by atoms with Crippen LogP contribution in [0.3, 0.4) is 0 Å². The number of alkyl halides is 3. The molecule has 0 aromatic carbocycles. The van der Waals surface area contributed by atoms with Crippen molar-refractivity contribution in [1.82, 2.24) is 4.98 Å². The summed E-state index contributed by atoms with van der Waals surface area (Å²) in [5.41, 5.74) is 5.30. The Hall–Kier alpha value is -1.10. The van der Waals surface area contributed by atoms with Crippen LogP contribution in [0.25, 0.3) is 0 Å². The van der Waals surface area contributed by atoms with Crippen LogP contribution < -0.4 is 5.73 Å². The van der Waals surface area contributed by atoms with Crippen molar-refractivity contribution >= 4 is 0 Å². The van der Waals surface area contributed by atoms with Gasteiger partial charge in [0.15, 0.2) is 0 Å². The lowest BCUT2D eigenvalue weighted by molar-refractivity contribution is -0.141. The molecule has 0 bridgehead atoms. The molecular weight excluding hydrogens is 205 g/mol. The molecule has 1 unspecified atom stereocenters. The molecule has 0 saturated heterocycles. The highest BCUT2D eigenvalue weighted by molar-refractivity contribution is 5.19. The van der Waals surface area contributed by atoms with Crippen LogP contribution in [0.2, 0.25) is 0 Å². The van der Waals surface area contributed by atoms with Gasteiger partial charge in [-0.15, -0.1) is 0 Å². The SMILES string of the molecule is CC(CCN)c1ccc(C(F)(F)F)nc1. The third kappa shape index (κ3) is 3.20. The van der Waals surface area contributed by atoms with Crippen molar-refractivity contribution in [3.63, 3.8) is 0 Å². The van der Waals surface area contributed by atoms with E-state index in [4.69, 9.17) is 5.73 Å². The molecule has 1 rings (SSSR count). The highest BCUT2D eigenvalue weighted by Crippen LogP contribution is 2.28. The Balaban J connectivity index is 2.81. The summed E-state index contributed by atoms with van der Waals surface area (Å²) in [7, 11) is 0. The molecule has 1 atom stereocenters. The van der Waals surface area contributed by atoms with E-state index >= 15 is 0 Å². The standard InChI is InChI=1S/C10H13F3N2/c1-7(4-5-14)8-2-3-9(15-6-8)10(11,12)13/h2-3,6-7H,4-5,14H2,1H3. The van der Waals surface area contributed by atoms with Crippen molar-refractivity contribution < 1.29 is 13.2 Å². The Bertz CT molecular complexity index is 305. The zero-order valence-corrected chi connectivity index (χ0v) is 8.38. The van der Waals surface area contributed by atoms with Crippen LogP contribution in [0.15, 0.2) is 18.3 Å². The average molecular weight is 218 g/mol. The van der Waals surface area contributed by atoms with Gasteiger partial charge in [-0.2, -0.15) is 13.2 Å². The lowest BCUT2D eigenvalue weighted by atomic mass is 9.99. The Labute approximate surface area is 86.3 Å². The topological polar surface area (TPSA) is 38.9 Å². The molecule has 2 N–H and O–H groups in total. The van der Waals surface area contributed by atoms with Crippen molar-refractivity contribution in [2.24, 2.45) is 5.73 Å². The number of nitrogens with zero attached hydrogens (tertiary/aromatic N) is 1. The van der Waals surface area contributed by atoms with Gasteiger partial charge in [-0.3, -0.25) is 4.98 Å². The van der Waals surface area contributed by atoms with Crippen molar-refractivity contribution in [1.29, 1.82) is 0 Å². The second kappa shape index (κ2) is 4.61. The molecule has 15 heavy (non-hydrogen) atoms. The number of hydrogen-bond donors (Lipinski definition) is 1. The molecule has 1 aromatic rings. The van der Waals surface area contributed by atoms with Gasteiger partial charge in [0.2, 0.25) is 0 Å². The minimum absolute atomic E-state index is 0.143. The summed E-state index contributed by atoms with van der Waals surface area (Å²) in [5.74, 6) is 0.143. The molecule has 0 spiro atoms. The van der Waals surface area contributed by atoms with Crippen LogP contribution in [-0.2, 0) is 6.18 Å². The van der Waals surface area contributed by atoms with Crippen LogP contribution >= 0.6 is 0 Å². The molecular formula is C10H13F3N2. The predicted octanol–water partition coefficient (Wildman–Crippen LogP) is 2.55. The van der Waals surface area contributed by atoms with E-state index < -0.39 is 11.9 Å². The number of nitrogens with two attached hydrogens (primary N) is 1. The number of pyridine rings is 1. The normalized spacial score (nSPS) is 13.9. The third-order valence-corrected chi connectivity index (χ3v) is 2.25. The molecule has 1 heterocycles. The first-order chi connectivity index (χ1) is 6.95. The fraction of sp³-hybridized carbons (Fsp3) is 0.500. The maximum atomic E-state index is 12.2. The van der Waals surface area contributed by atoms with E-state index in [1.807, 2.05) is 6.92 Å². The van der Waals surface area contributed by atoms with Gasteiger partial charge in [-0.1, -0.05) is 13.0 Å². The van der Waals surface area contributed by atoms with Crippen molar-refractivity contribution in [2.45, 2.75) is 25.4 Å². The second-order valence-corrected chi connectivity index (χ2v) is 3.45. The minimum Gasteiger partial charge on any atom is -0.330 e. The largest absolute Gasteiger partial charge is 0.433 e. The van der Waals surface area contributed by atoms with Gasteiger partial charge in [0.1, 0.15) is 5.69 Å². The number of aromatic nitrogens is 1. The van der Waals surface area contributed by atoms with Gasteiger partial charge in [-0.05, 0) is 30.5 Å². The van der Waals surface area contributed by atoms with Gasteiger partial charge in [0.25, 0.3) is 0 Å². The summed E-state index contributed by atoms with van der Waals surface area (Å²) in [6, 6.07) is 2.46. The molecule has 0 aliphatic rings. The lowest BCUT2D eigenvalue weighted by Crippen LogP contribution is -2.09. The Morgan fingerprint density at radius 1 is 1.40 bits per heavy atom. The smallest absolute Gasteiger partial charge is 0.330 e. The molecule has 5 heteroatoms. The zero-order valence-electron chi connectivity index (χ0n) is 8.38. The van der Waals surface area contributed by atoms with E-state index in [-0.39, 0.29) is 5.92 Å². The van der Waals surface area contributed by atoms with E-state index in [1.54, 1.807) is 0 Å². The summed E-state index contributed by atoms with van der Waals surface area (Å²) >= 11 is 0. The van der Waals surface area contributed by atoms with Gasteiger partial charge >= 0.3 is 6.18 Å². The Kier molecular flexibility index (Phi) is 3.68. The maximum Gasteiger partial charge on any atom is 0.433 e. The van der Waals surface area contributed by atoms with Crippen LogP contribution in [-0.4, -0.2) is 11.5 Å². The fourth-order valence-electron chi connectivity index (χ4n) is 1.28. The van der Waals surface area contributed by atoms with Crippen molar-refractivity contribution in [3.05, 3.63) is 29.6 Å². The van der Waals surface area contributed by atoms with Crippen molar-refractivity contribution in [2.75, 3.05) is 6.54 Å². The number of hydrogen-bond acceptors (Lipinski definition) is 2. The second-order valence-electron chi connectivity index (χ2n) is 3.45. The summed E-state index contributed by atoms with van der Waals surface area (Å²) in [5, 5.41) is 0. The quantitative estimate of drug-likeness (QED) is 0.846. The summed E-state index contributed by atoms with van der Waals surface area (Å²) in [6.45, 7) is 2.43. The van der Waals surface area contributed by atoms with E-state index in [0.29, 0.717) is 6.54 Å². The highest BCUT2D eigenvalue weighted by atomic mass is 19.4. The van der Waals surface area contributed by atoms with E-state index in [1.165, 1.54) is 12.3 Å². The molecule has 0 aliphatic heterocycles. The Morgan fingerprint density at radius 2 is 2.07 bits per heavy atom. The number of rotatable bonds is 3. The fourth-order valence-corrected chi connectivity index (χ4v) is 1.28. The molecule has 0 radical (unpaired) electrons. The molecule has 0 saturated carbocycles.